The number of ether oxygens (including phenoxy) is 1. The van der Waals surface area contributed by atoms with Gasteiger partial charge in [-0.15, -0.1) is 11.3 Å². The zero-order valence-corrected chi connectivity index (χ0v) is 19.1. The van der Waals surface area contributed by atoms with Crippen molar-refractivity contribution in [2.75, 3.05) is 18.4 Å². The maximum absolute atomic E-state index is 13.7. The van der Waals surface area contributed by atoms with Crippen molar-refractivity contribution < 1.29 is 18.4 Å². The number of nitrogens with one attached hydrogen (secondary N) is 1. The number of aromatic nitrogens is 3. The molecule has 0 radical (unpaired) electrons. The molecule has 32 heavy (non-hydrogen) atoms. The molecular formula is C22H26FN5O3S. The zero-order chi connectivity index (χ0) is 22.7. The molecule has 0 aliphatic carbocycles. The van der Waals surface area contributed by atoms with E-state index in [1.165, 1.54) is 17.4 Å². The van der Waals surface area contributed by atoms with Crippen molar-refractivity contribution in [2.24, 2.45) is 0 Å². The Kier molecular flexibility index (Phi) is 6.92. The topological polar surface area (TPSA) is 93.4 Å². The lowest BCUT2D eigenvalue weighted by atomic mass is 10.1. The van der Waals surface area contributed by atoms with Crippen LogP contribution in [0.15, 0.2) is 28.1 Å². The van der Waals surface area contributed by atoms with Crippen molar-refractivity contribution in [2.45, 2.75) is 52.4 Å². The van der Waals surface area contributed by atoms with Gasteiger partial charge in [-0.3, -0.25) is 9.69 Å². The fourth-order valence-electron chi connectivity index (χ4n) is 3.69. The summed E-state index contributed by atoms with van der Waals surface area (Å²) in [5.41, 5.74) is 2.01. The van der Waals surface area contributed by atoms with Crippen LogP contribution < -0.4 is 5.32 Å². The Balaban J connectivity index is 1.27. The van der Waals surface area contributed by atoms with E-state index < -0.39 is 0 Å². The van der Waals surface area contributed by atoms with Crippen LogP contribution in [0, 0.1) is 12.7 Å². The van der Waals surface area contributed by atoms with Gasteiger partial charge in [0.15, 0.2) is 5.13 Å². The second kappa shape index (κ2) is 9.85. The summed E-state index contributed by atoms with van der Waals surface area (Å²) in [7, 11) is 0. The minimum absolute atomic E-state index is 0.178. The summed E-state index contributed by atoms with van der Waals surface area (Å²) in [6.45, 7) is 8.29. The number of carbonyl (C=O) groups is 1. The molecule has 1 aromatic carbocycles. The fourth-order valence-corrected chi connectivity index (χ4v) is 4.41. The number of thiazole rings is 1. The number of benzene rings is 1. The quantitative estimate of drug-likeness (QED) is 0.574. The summed E-state index contributed by atoms with van der Waals surface area (Å²) in [4.78, 5) is 23.4. The summed E-state index contributed by atoms with van der Waals surface area (Å²) >= 11 is 1.41. The third-order valence-electron chi connectivity index (χ3n) is 5.14. The first-order chi connectivity index (χ1) is 15.4. The van der Waals surface area contributed by atoms with E-state index in [2.05, 4.69) is 39.2 Å². The molecule has 3 heterocycles. The third-order valence-corrected chi connectivity index (χ3v) is 5.95. The maximum Gasteiger partial charge on any atom is 0.227 e. The average molecular weight is 460 g/mol. The Morgan fingerprint density at radius 2 is 2.06 bits per heavy atom. The van der Waals surface area contributed by atoms with Crippen LogP contribution in [0.25, 0.3) is 11.4 Å². The summed E-state index contributed by atoms with van der Waals surface area (Å²) in [6.07, 6.45) is 0.866. The van der Waals surface area contributed by atoms with Gasteiger partial charge in [0, 0.05) is 43.4 Å². The number of hydrogen-bond acceptors (Lipinski definition) is 8. The first kappa shape index (κ1) is 22.5. The van der Waals surface area contributed by atoms with E-state index in [9.17, 15) is 9.18 Å². The lowest BCUT2D eigenvalue weighted by molar-refractivity contribution is -0.116. The molecule has 1 N–H and O–H groups in total. The van der Waals surface area contributed by atoms with Gasteiger partial charge >= 0.3 is 0 Å². The molecule has 0 spiro atoms. The molecule has 170 valence electrons. The van der Waals surface area contributed by atoms with Crippen LogP contribution in [0.4, 0.5) is 9.52 Å². The molecule has 1 fully saturated rings. The van der Waals surface area contributed by atoms with Crippen LogP contribution in [0.1, 0.15) is 37.4 Å². The van der Waals surface area contributed by atoms with Crippen molar-refractivity contribution in [3.05, 3.63) is 46.5 Å². The SMILES string of the molecule is Cc1ccc(-c2noc(CCC(=O)Nc3nc(CN4CC(C)OC(C)C4)cs3)n2)cc1F. The number of morpholine rings is 1. The van der Waals surface area contributed by atoms with Crippen LogP contribution in [-0.2, 0) is 22.5 Å². The predicted octanol–water partition coefficient (Wildman–Crippen LogP) is 3.82. The molecule has 2 aromatic heterocycles. The molecule has 3 aromatic rings. The molecule has 0 saturated carbocycles. The minimum atomic E-state index is -0.325. The van der Waals surface area contributed by atoms with Gasteiger partial charge in [-0.2, -0.15) is 4.98 Å². The fraction of sp³-hybridized carbons (Fsp3) is 0.455. The number of anilines is 1. The second-order valence-electron chi connectivity index (χ2n) is 8.12. The van der Waals surface area contributed by atoms with Crippen LogP contribution in [-0.4, -0.2) is 51.2 Å². The number of amides is 1. The smallest absolute Gasteiger partial charge is 0.227 e. The highest BCUT2D eigenvalue weighted by Gasteiger charge is 2.23. The van der Waals surface area contributed by atoms with E-state index in [1.807, 2.05) is 5.38 Å². The highest BCUT2D eigenvalue weighted by Crippen LogP contribution is 2.21. The molecule has 1 saturated heterocycles. The highest BCUT2D eigenvalue weighted by molar-refractivity contribution is 7.13. The monoisotopic (exact) mass is 459 g/mol. The number of aryl methyl sites for hydroxylation is 2. The average Bonchev–Trinajstić information content (AvgIpc) is 3.37. The minimum Gasteiger partial charge on any atom is -0.373 e. The Bertz CT molecular complexity index is 1080. The molecule has 2 atom stereocenters. The molecule has 1 aliphatic rings. The van der Waals surface area contributed by atoms with Crippen molar-refractivity contribution in [3.8, 4) is 11.4 Å². The van der Waals surface area contributed by atoms with Gasteiger partial charge in [0.1, 0.15) is 5.82 Å². The molecule has 10 heteroatoms. The van der Waals surface area contributed by atoms with Gasteiger partial charge in [0.05, 0.1) is 17.9 Å². The van der Waals surface area contributed by atoms with Crippen molar-refractivity contribution in [1.29, 1.82) is 0 Å². The summed E-state index contributed by atoms with van der Waals surface area (Å²) in [5, 5.41) is 9.24. The molecule has 0 bridgehead atoms. The van der Waals surface area contributed by atoms with Crippen LogP contribution in [0.2, 0.25) is 0 Å². The lowest BCUT2D eigenvalue weighted by Crippen LogP contribution is -2.44. The highest BCUT2D eigenvalue weighted by atomic mass is 32.1. The normalized spacial score (nSPS) is 19.2. The zero-order valence-electron chi connectivity index (χ0n) is 18.3. The van der Waals surface area contributed by atoms with E-state index >= 15 is 0 Å². The maximum atomic E-state index is 13.7. The Labute approximate surface area is 189 Å². The Hall–Kier alpha value is -2.69. The largest absolute Gasteiger partial charge is 0.373 e. The van der Waals surface area contributed by atoms with E-state index in [1.54, 1.807) is 19.1 Å². The molecule has 8 nitrogen and oxygen atoms in total. The molecule has 4 rings (SSSR count). The molecule has 1 aliphatic heterocycles. The molecular weight excluding hydrogens is 433 g/mol. The number of rotatable bonds is 7. The van der Waals surface area contributed by atoms with Crippen molar-refractivity contribution in [3.63, 3.8) is 0 Å². The number of halogens is 1. The molecule has 2 unspecified atom stereocenters. The van der Waals surface area contributed by atoms with Crippen LogP contribution >= 0.6 is 11.3 Å². The number of carbonyl (C=O) groups excluding carboxylic acids is 1. The number of nitrogens with zero attached hydrogens (tertiary/aromatic N) is 4. The Morgan fingerprint density at radius 3 is 2.81 bits per heavy atom. The first-order valence-electron chi connectivity index (χ1n) is 10.6. The van der Waals surface area contributed by atoms with Gasteiger partial charge < -0.3 is 14.6 Å². The first-order valence-corrected chi connectivity index (χ1v) is 11.4. The van der Waals surface area contributed by atoms with E-state index in [4.69, 9.17) is 9.26 Å². The molecule has 1 amide bonds. The van der Waals surface area contributed by atoms with Gasteiger partial charge in [0.2, 0.25) is 17.6 Å². The summed E-state index contributed by atoms with van der Waals surface area (Å²) in [5.74, 6) is 0.122. The van der Waals surface area contributed by atoms with E-state index in [-0.39, 0.29) is 36.8 Å². The number of hydrogen-bond donors (Lipinski definition) is 1. The van der Waals surface area contributed by atoms with Crippen molar-refractivity contribution >= 4 is 22.4 Å². The van der Waals surface area contributed by atoms with E-state index in [0.717, 1.165) is 25.3 Å². The van der Waals surface area contributed by atoms with Crippen molar-refractivity contribution in [1.82, 2.24) is 20.0 Å². The van der Waals surface area contributed by atoms with Gasteiger partial charge in [0.25, 0.3) is 0 Å². The summed E-state index contributed by atoms with van der Waals surface area (Å²) < 4.78 is 24.7. The van der Waals surface area contributed by atoms with Gasteiger partial charge in [-0.05, 0) is 32.4 Å². The second-order valence-corrected chi connectivity index (χ2v) is 8.98. The van der Waals surface area contributed by atoms with E-state index in [0.29, 0.717) is 28.0 Å². The van der Waals surface area contributed by atoms with Gasteiger partial charge in [-0.25, -0.2) is 9.37 Å². The predicted molar refractivity (Wildman–Crippen MR) is 119 cm³/mol. The summed E-state index contributed by atoms with van der Waals surface area (Å²) in [6, 6.07) is 4.77. The Morgan fingerprint density at radius 1 is 1.28 bits per heavy atom. The van der Waals surface area contributed by atoms with Crippen LogP contribution in [0.5, 0.6) is 0 Å². The third kappa shape index (κ3) is 5.76. The van der Waals surface area contributed by atoms with Gasteiger partial charge in [-0.1, -0.05) is 17.3 Å². The standard InChI is InChI=1S/C22H26FN5O3S/c1-13-4-5-16(8-18(13)23)21-26-20(31-27-21)7-6-19(29)25-22-24-17(12-32-22)11-28-9-14(2)30-15(3)10-28/h4-5,8,12,14-15H,6-7,9-11H2,1-3H3,(H,24,25,29). The van der Waals surface area contributed by atoms with Crippen LogP contribution in [0.3, 0.4) is 0 Å². The lowest BCUT2D eigenvalue weighted by Gasteiger charge is -2.34.